The lowest BCUT2D eigenvalue weighted by Crippen LogP contribution is -2.13. The average molecular weight is 263 g/mol. The van der Waals surface area contributed by atoms with E-state index in [-0.39, 0.29) is 11.7 Å². The Morgan fingerprint density at radius 1 is 1.32 bits per heavy atom. The molecule has 0 saturated heterocycles. The zero-order chi connectivity index (χ0) is 13.7. The van der Waals surface area contributed by atoms with E-state index in [2.05, 4.69) is 0 Å². The zero-order valence-electron chi connectivity index (χ0n) is 11.4. The van der Waals surface area contributed by atoms with E-state index in [1.54, 1.807) is 6.07 Å². The fourth-order valence-electron chi connectivity index (χ4n) is 2.16. The van der Waals surface area contributed by atoms with E-state index in [1.807, 2.05) is 19.1 Å². The number of ether oxygens (including phenoxy) is 2. The van der Waals surface area contributed by atoms with Gasteiger partial charge in [-0.3, -0.25) is 4.79 Å². The van der Waals surface area contributed by atoms with Gasteiger partial charge in [0.25, 0.3) is 0 Å². The molecule has 0 saturated carbocycles. The number of carbonyl (C=O) groups excluding carboxylic acids is 1. The molecule has 4 heteroatoms. The number of Topliss-reactive ketones (excluding diaryl/α,β-unsaturated/α-hetero) is 1. The molecule has 0 amide bonds. The Labute approximate surface area is 113 Å². The highest BCUT2D eigenvalue weighted by atomic mass is 16.5. The lowest BCUT2D eigenvalue weighted by molar-refractivity contribution is 0.0923. The summed E-state index contributed by atoms with van der Waals surface area (Å²) in [6.45, 7) is 3.86. The molecule has 2 N–H and O–H groups in total. The predicted molar refractivity (Wildman–Crippen MR) is 73.8 cm³/mol. The zero-order valence-corrected chi connectivity index (χ0v) is 11.4. The molecule has 1 aliphatic rings. The molecule has 1 unspecified atom stereocenters. The van der Waals surface area contributed by atoms with Gasteiger partial charge in [0.2, 0.25) is 0 Å². The van der Waals surface area contributed by atoms with E-state index < -0.39 is 0 Å². The van der Waals surface area contributed by atoms with E-state index in [4.69, 9.17) is 15.2 Å². The fourth-order valence-corrected chi connectivity index (χ4v) is 2.16. The number of hydrogen-bond acceptors (Lipinski definition) is 4. The molecule has 0 fully saturated rings. The molecule has 0 spiro atoms. The van der Waals surface area contributed by atoms with Crippen LogP contribution in [0.2, 0.25) is 0 Å². The van der Waals surface area contributed by atoms with Crippen molar-refractivity contribution in [1.82, 2.24) is 0 Å². The van der Waals surface area contributed by atoms with Crippen LogP contribution in [-0.2, 0) is 0 Å². The second-order valence-electron chi connectivity index (χ2n) is 4.91. The van der Waals surface area contributed by atoms with Crippen LogP contribution < -0.4 is 15.2 Å². The maximum Gasteiger partial charge on any atom is 0.165 e. The van der Waals surface area contributed by atoms with E-state index in [1.165, 1.54) is 0 Å². The number of carbonyl (C=O) groups is 1. The van der Waals surface area contributed by atoms with Crippen LogP contribution in [0.3, 0.4) is 0 Å². The summed E-state index contributed by atoms with van der Waals surface area (Å²) in [5.74, 6) is 1.54. The molecule has 1 aromatic carbocycles. The molecule has 4 nitrogen and oxygen atoms in total. The Balaban J connectivity index is 2.12. The van der Waals surface area contributed by atoms with Gasteiger partial charge < -0.3 is 15.2 Å². The van der Waals surface area contributed by atoms with Gasteiger partial charge in [0.15, 0.2) is 17.3 Å². The number of hydrogen-bond donors (Lipinski definition) is 1. The van der Waals surface area contributed by atoms with Crippen LogP contribution in [0.4, 0.5) is 0 Å². The smallest absolute Gasteiger partial charge is 0.165 e. The molecular formula is C15H21NO3. The van der Waals surface area contributed by atoms with E-state index in [9.17, 15) is 4.79 Å². The molecule has 104 valence electrons. The monoisotopic (exact) mass is 263 g/mol. The van der Waals surface area contributed by atoms with E-state index in [0.717, 1.165) is 25.0 Å². The molecule has 1 aliphatic heterocycles. The SMILES string of the molecule is CC(CCCN)C(=O)c1ccc2c(c1)OCCCO2. The van der Waals surface area contributed by atoms with Crippen molar-refractivity contribution in [2.45, 2.75) is 26.2 Å². The van der Waals surface area contributed by atoms with Crippen LogP contribution in [0.5, 0.6) is 11.5 Å². The van der Waals surface area contributed by atoms with Gasteiger partial charge in [-0.25, -0.2) is 0 Å². The summed E-state index contributed by atoms with van der Waals surface area (Å²) in [5.41, 5.74) is 6.16. The first-order valence-corrected chi connectivity index (χ1v) is 6.86. The minimum Gasteiger partial charge on any atom is -0.490 e. The predicted octanol–water partition coefficient (Wildman–Crippen LogP) is 2.41. The minimum atomic E-state index is -0.00621. The molecule has 0 bridgehead atoms. The van der Waals surface area contributed by atoms with Crippen LogP contribution in [-0.4, -0.2) is 25.5 Å². The first kappa shape index (κ1) is 13.9. The van der Waals surface area contributed by atoms with Crippen LogP contribution in [0.25, 0.3) is 0 Å². The van der Waals surface area contributed by atoms with Crippen molar-refractivity contribution in [1.29, 1.82) is 0 Å². The highest BCUT2D eigenvalue weighted by molar-refractivity contribution is 5.98. The molecule has 0 radical (unpaired) electrons. The Bertz CT molecular complexity index is 445. The molecule has 1 aromatic rings. The Morgan fingerprint density at radius 2 is 2.05 bits per heavy atom. The van der Waals surface area contributed by atoms with Gasteiger partial charge in [-0.15, -0.1) is 0 Å². The highest BCUT2D eigenvalue weighted by Gasteiger charge is 2.18. The maximum atomic E-state index is 12.3. The van der Waals surface area contributed by atoms with E-state index >= 15 is 0 Å². The van der Waals surface area contributed by atoms with Crippen molar-refractivity contribution in [3.05, 3.63) is 23.8 Å². The topological polar surface area (TPSA) is 61.6 Å². The quantitative estimate of drug-likeness (QED) is 0.829. The largest absolute Gasteiger partial charge is 0.490 e. The number of ketones is 1. The summed E-state index contributed by atoms with van der Waals surface area (Å²) in [6, 6.07) is 5.43. The number of rotatable bonds is 5. The van der Waals surface area contributed by atoms with Crippen LogP contribution in [0.15, 0.2) is 18.2 Å². The second kappa shape index (κ2) is 6.57. The third kappa shape index (κ3) is 3.47. The Hall–Kier alpha value is -1.55. The summed E-state index contributed by atoms with van der Waals surface area (Å²) < 4.78 is 11.2. The summed E-state index contributed by atoms with van der Waals surface area (Å²) >= 11 is 0. The molecule has 1 atom stereocenters. The van der Waals surface area contributed by atoms with E-state index in [0.29, 0.717) is 31.1 Å². The first-order chi connectivity index (χ1) is 9.22. The first-order valence-electron chi connectivity index (χ1n) is 6.86. The molecule has 0 aromatic heterocycles. The van der Waals surface area contributed by atoms with Crippen LogP contribution in [0, 0.1) is 5.92 Å². The van der Waals surface area contributed by atoms with Gasteiger partial charge in [0.1, 0.15) is 0 Å². The van der Waals surface area contributed by atoms with Crippen molar-refractivity contribution in [2.75, 3.05) is 19.8 Å². The van der Waals surface area contributed by atoms with Gasteiger partial charge in [0, 0.05) is 17.9 Å². The lowest BCUT2D eigenvalue weighted by Gasteiger charge is -2.12. The van der Waals surface area contributed by atoms with Crippen molar-refractivity contribution < 1.29 is 14.3 Å². The lowest BCUT2D eigenvalue weighted by atomic mass is 9.95. The van der Waals surface area contributed by atoms with Gasteiger partial charge in [0.05, 0.1) is 13.2 Å². The van der Waals surface area contributed by atoms with Crippen molar-refractivity contribution in [2.24, 2.45) is 11.7 Å². The molecule has 2 rings (SSSR count). The van der Waals surface area contributed by atoms with Crippen molar-refractivity contribution in [3.8, 4) is 11.5 Å². The van der Waals surface area contributed by atoms with Crippen molar-refractivity contribution >= 4 is 5.78 Å². The average Bonchev–Trinajstić information content (AvgIpc) is 2.68. The van der Waals surface area contributed by atoms with Gasteiger partial charge in [-0.2, -0.15) is 0 Å². The summed E-state index contributed by atoms with van der Waals surface area (Å²) in [4.78, 5) is 12.3. The molecular weight excluding hydrogens is 242 g/mol. The van der Waals surface area contributed by atoms with Crippen molar-refractivity contribution in [3.63, 3.8) is 0 Å². The molecule has 19 heavy (non-hydrogen) atoms. The Kier molecular flexibility index (Phi) is 4.80. The summed E-state index contributed by atoms with van der Waals surface area (Å²) in [6.07, 6.45) is 2.56. The third-order valence-electron chi connectivity index (χ3n) is 3.32. The number of fused-ring (bicyclic) bond motifs is 1. The molecule has 1 heterocycles. The summed E-state index contributed by atoms with van der Waals surface area (Å²) in [5, 5.41) is 0. The third-order valence-corrected chi connectivity index (χ3v) is 3.32. The van der Waals surface area contributed by atoms with Gasteiger partial charge >= 0.3 is 0 Å². The number of benzene rings is 1. The number of nitrogens with two attached hydrogens (primary N) is 1. The van der Waals surface area contributed by atoms with Crippen LogP contribution >= 0.6 is 0 Å². The maximum absolute atomic E-state index is 12.3. The minimum absolute atomic E-state index is 0.00621. The summed E-state index contributed by atoms with van der Waals surface area (Å²) in [7, 11) is 0. The van der Waals surface area contributed by atoms with Gasteiger partial charge in [-0.05, 0) is 37.6 Å². The van der Waals surface area contributed by atoms with Crippen LogP contribution in [0.1, 0.15) is 36.5 Å². The Morgan fingerprint density at radius 3 is 2.79 bits per heavy atom. The molecule has 0 aliphatic carbocycles. The van der Waals surface area contributed by atoms with Gasteiger partial charge in [-0.1, -0.05) is 6.92 Å². The highest BCUT2D eigenvalue weighted by Crippen LogP contribution is 2.31. The standard InChI is InChI=1S/C15H21NO3/c1-11(4-2-7-16)15(17)12-5-6-13-14(10-12)19-9-3-8-18-13/h5-6,10-11H,2-4,7-9,16H2,1H3. The second-order valence-corrected chi connectivity index (χ2v) is 4.91. The normalized spacial score (nSPS) is 15.7. The fraction of sp³-hybridized carbons (Fsp3) is 0.533.